The number of hydrogen-bond donors (Lipinski definition) is 1. The van der Waals surface area contributed by atoms with Crippen molar-refractivity contribution in [2.24, 2.45) is 5.92 Å². The summed E-state index contributed by atoms with van der Waals surface area (Å²) in [5.74, 6) is 1.38. The van der Waals surface area contributed by atoms with Crippen LogP contribution in [0.2, 0.25) is 0 Å². The molecular formula is C43H51FN6O7. The van der Waals surface area contributed by atoms with Gasteiger partial charge in [0.15, 0.2) is 18.1 Å². The number of fused-ring (bicyclic) bond motifs is 1. The normalized spacial score (nSPS) is 19.4. The Bertz CT molecular complexity index is 2170. The van der Waals surface area contributed by atoms with Crippen LogP contribution >= 0.6 is 0 Å². The van der Waals surface area contributed by atoms with E-state index in [-0.39, 0.29) is 43.5 Å². The van der Waals surface area contributed by atoms with Crippen LogP contribution in [0.15, 0.2) is 65.8 Å². The number of ether oxygens (including phenoxy) is 3. The standard InChI is InChI=1S/C43H51FN6O7/c1-4-5-16-49-25-34(32-10-15-45-23-33(32)42(49)53)30-7-9-38(39(21-30)55-3)57-37-13-17-47(26-35(37)44)24-29-11-18-48(19-12-29)41(52)27-56-31-8-6-28(2)36(22-31)50-20-14-40(51)46-43(50)54/h6-10,15,21-23,25,29,35,37H,4-5,11-14,16-20,24,26-27H2,1-3H3,(H,46,51,54)/t35-,37-/m0/s1. The van der Waals surface area contributed by atoms with Gasteiger partial charge in [0.25, 0.3) is 11.5 Å². The molecule has 0 saturated carbocycles. The molecule has 0 unspecified atom stereocenters. The number of piperidine rings is 2. The van der Waals surface area contributed by atoms with Crippen molar-refractivity contribution < 1.29 is 33.0 Å². The fraction of sp³-hybridized carbons (Fsp3) is 0.465. The summed E-state index contributed by atoms with van der Waals surface area (Å²) in [6.45, 7) is 7.68. The molecule has 2 atom stereocenters. The molecule has 4 amide bonds. The van der Waals surface area contributed by atoms with Crippen LogP contribution in [0.4, 0.5) is 14.9 Å². The molecule has 0 bridgehead atoms. The summed E-state index contributed by atoms with van der Waals surface area (Å²) in [5.41, 5.74) is 3.18. The number of imide groups is 1. The first kappa shape index (κ1) is 39.7. The predicted molar refractivity (Wildman–Crippen MR) is 215 cm³/mol. The minimum Gasteiger partial charge on any atom is -0.493 e. The number of carbonyl (C=O) groups is 3. The van der Waals surface area contributed by atoms with E-state index in [2.05, 4.69) is 22.1 Å². The average Bonchev–Trinajstić information content (AvgIpc) is 3.22. The number of urea groups is 1. The van der Waals surface area contributed by atoms with Crippen LogP contribution in [-0.2, 0) is 16.1 Å². The first-order valence-corrected chi connectivity index (χ1v) is 19.9. The van der Waals surface area contributed by atoms with E-state index in [9.17, 15) is 19.2 Å². The highest BCUT2D eigenvalue weighted by atomic mass is 19.1. The van der Waals surface area contributed by atoms with Crippen LogP contribution < -0.4 is 30.0 Å². The van der Waals surface area contributed by atoms with Crippen molar-refractivity contribution in [1.29, 1.82) is 0 Å². The van der Waals surface area contributed by atoms with E-state index >= 15 is 4.39 Å². The number of benzene rings is 2. The summed E-state index contributed by atoms with van der Waals surface area (Å²) in [6.07, 6.45) is 7.63. The summed E-state index contributed by atoms with van der Waals surface area (Å²) in [4.78, 5) is 59.9. The Hall–Kier alpha value is -5.50. The Labute approximate surface area is 331 Å². The van der Waals surface area contributed by atoms with Crippen molar-refractivity contribution in [3.05, 3.63) is 77.0 Å². The molecule has 1 N–H and O–H groups in total. The average molecular weight is 783 g/mol. The fourth-order valence-corrected chi connectivity index (χ4v) is 8.03. The van der Waals surface area contributed by atoms with Crippen molar-refractivity contribution in [1.82, 2.24) is 24.7 Å². The lowest BCUT2D eigenvalue weighted by Gasteiger charge is -2.39. The summed E-state index contributed by atoms with van der Waals surface area (Å²) in [7, 11) is 1.57. The SMILES string of the molecule is CCCCn1cc(-c2ccc(O[C@H]3CCN(CC4CCN(C(=O)COc5ccc(C)c(N6CCC(=O)NC6=O)c5)CC4)C[C@@H]3F)c(OC)c2)c2ccncc2c1=O. The number of hydrogen-bond acceptors (Lipinski definition) is 9. The molecule has 0 radical (unpaired) electrons. The number of pyridine rings is 2. The van der Waals surface area contributed by atoms with Gasteiger partial charge in [-0.15, -0.1) is 0 Å². The Morgan fingerprint density at radius 2 is 1.81 bits per heavy atom. The number of methoxy groups -OCH3 is 1. The zero-order valence-electron chi connectivity index (χ0n) is 32.9. The van der Waals surface area contributed by atoms with Gasteiger partial charge in [-0.2, -0.15) is 0 Å². The van der Waals surface area contributed by atoms with Gasteiger partial charge in [0.2, 0.25) is 5.91 Å². The lowest BCUT2D eigenvalue weighted by molar-refractivity contribution is -0.134. The zero-order valence-corrected chi connectivity index (χ0v) is 32.9. The van der Waals surface area contributed by atoms with Gasteiger partial charge in [-0.3, -0.25) is 34.5 Å². The third-order valence-electron chi connectivity index (χ3n) is 11.3. The van der Waals surface area contributed by atoms with Crippen LogP contribution in [0.1, 0.15) is 51.0 Å². The molecule has 3 aliphatic rings. The third-order valence-corrected chi connectivity index (χ3v) is 11.3. The number of alkyl halides is 1. The summed E-state index contributed by atoms with van der Waals surface area (Å²) in [6, 6.07) is 12.3. The molecule has 3 fully saturated rings. The van der Waals surface area contributed by atoms with Crippen LogP contribution in [0, 0.1) is 12.8 Å². The van der Waals surface area contributed by atoms with Gasteiger partial charge in [0, 0.05) is 82.5 Å². The van der Waals surface area contributed by atoms with Crippen LogP contribution in [0.3, 0.4) is 0 Å². The number of amides is 4. The van der Waals surface area contributed by atoms with Gasteiger partial charge in [0.05, 0.1) is 18.2 Å². The van der Waals surface area contributed by atoms with E-state index in [1.807, 2.05) is 48.4 Å². The van der Waals surface area contributed by atoms with E-state index in [1.54, 1.807) is 36.2 Å². The number of anilines is 1. The summed E-state index contributed by atoms with van der Waals surface area (Å²) < 4.78 is 35.3. The molecule has 0 spiro atoms. The number of nitrogens with zero attached hydrogens (tertiary/aromatic N) is 5. The highest BCUT2D eigenvalue weighted by molar-refractivity contribution is 6.06. The van der Waals surface area contributed by atoms with E-state index in [0.29, 0.717) is 66.8 Å². The second-order valence-electron chi connectivity index (χ2n) is 15.2. The number of nitrogens with one attached hydrogen (secondary N) is 1. The number of aromatic nitrogens is 2. The minimum absolute atomic E-state index is 0.0626. The first-order valence-electron chi connectivity index (χ1n) is 19.9. The van der Waals surface area contributed by atoms with E-state index in [0.717, 1.165) is 54.3 Å². The number of halogens is 1. The molecule has 3 aliphatic heterocycles. The topological polar surface area (TPSA) is 136 Å². The number of aryl methyl sites for hydroxylation is 2. The highest BCUT2D eigenvalue weighted by Crippen LogP contribution is 2.37. The summed E-state index contributed by atoms with van der Waals surface area (Å²) >= 11 is 0. The molecule has 7 rings (SSSR count). The Kier molecular flexibility index (Phi) is 12.4. The molecule has 2 aromatic heterocycles. The predicted octanol–water partition coefficient (Wildman–Crippen LogP) is 5.74. The Morgan fingerprint density at radius 3 is 2.56 bits per heavy atom. The van der Waals surface area contributed by atoms with Crippen LogP contribution in [0.5, 0.6) is 17.2 Å². The van der Waals surface area contributed by atoms with Crippen molar-refractivity contribution in [2.75, 3.05) is 57.9 Å². The largest absolute Gasteiger partial charge is 0.493 e. The van der Waals surface area contributed by atoms with E-state index in [4.69, 9.17) is 14.2 Å². The van der Waals surface area contributed by atoms with E-state index in [1.165, 1.54) is 4.90 Å². The maximum atomic E-state index is 15.7. The van der Waals surface area contributed by atoms with Gasteiger partial charge in [-0.1, -0.05) is 25.5 Å². The number of carbonyl (C=O) groups excluding carboxylic acids is 3. The summed E-state index contributed by atoms with van der Waals surface area (Å²) in [5, 5.41) is 3.70. The van der Waals surface area contributed by atoms with Gasteiger partial charge in [-0.25, -0.2) is 9.18 Å². The lowest BCUT2D eigenvalue weighted by Crippen LogP contribution is -2.50. The Morgan fingerprint density at radius 1 is 0.982 bits per heavy atom. The molecule has 14 heteroatoms. The smallest absolute Gasteiger partial charge is 0.328 e. The maximum absolute atomic E-state index is 15.7. The Balaban J connectivity index is 0.893. The zero-order chi connectivity index (χ0) is 40.1. The molecule has 0 aliphatic carbocycles. The van der Waals surface area contributed by atoms with Crippen LogP contribution in [-0.4, -0.2) is 102 Å². The second-order valence-corrected chi connectivity index (χ2v) is 15.2. The maximum Gasteiger partial charge on any atom is 0.328 e. The van der Waals surface area contributed by atoms with Gasteiger partial charge < -0.3 is 23.7 Å². The highest BCUT2D eigenvalue weighted by Gasteiger charge is 2.34. The fourth-order valence-electron chi connectivity index (χ4n) is 8.03. The number of unbranched alkanes of at least 4 members (excludes halogenated alkanes) is 1. The van der Waals surface area contributed by atoms with Crippen molar-refractivity contribution in [3.63, 3.8) is 0 Å². The third kappa shape index (κ3) is 9.06. The molecule has 302 valence electrons. The molecule has 3 saturated heterocycles. The van der Waals surface area contributed by atoms with Crippen molar-refractivity contribution >= 4 is 34.3 Å². The molecular weight excluding hydrogens is 732 g/mol. The van der Waals surface area contributed by atoms with Gasteiger partial charge >= 0.3 is 6.03 Å². The number of likely N-dealkylation sites (tertiary alicyclic amines) is 2. The van der Waals surface area contributed by atoms with Crippen molar-refractivity contribution in [2.45, 2.75) is 71.2 Å². The lowest BCUT2D eigenvalue weighted by atomic mass is 9.94. The van der Waals surface area contributed by atoms with Crippen LogP contribution in [0.25, 0.3) is 21.9 Å². The molecule has 5 heterocycles. The molecule has 4 aromatic rings. The quantitative estimate of drug-likeness (QED) is 0.180. The molecule has 2 aromatic carbocycles. The van der Waals surface area contributed by atoms with E-state index < -0.39 is 18.3 Å². The number of rotatable bonds is 13. The van der Waals surface area contributed by atoms with Gasteiger partial charge in [0.1, 0.15) is 18.0 Å². The van der Waals surface area contributed by atoms with Crippen molar-refractivity contribution in [3.8, 4) is 28.4 Å². The molecule has 13 nitrogen and oxygen atoms in total. The monoisotopic (exact) mass is 782 g/mol. The first-order chi connectivity index (χ1) is 27.6. The second kappa shape index (κ2) is 17.7. The minimum atomic E-state index is -1.19. The molecule has 57 heavy (non-hydrogen) atoms. The van der Waals surface area contributed by atoms with Gasteiger partial charge in [-0.05, 0) is 79.3 Å².